The van der Waals surface area contributed by atoms with Gasteiger partial charge in [-0.05, 0) is 138 Å². The maximum Gasteiger partial charge on any atom is 0.0547 e. The predicted molar refractivity (Wildman–Crippen MR) is 326 cm³/mol. The number of anilines is 3. The van der Waals surface area contributed by atoms with Gasteiger partial charge in [0.25, 0.3) is 0 Å². The molecule has 0 atom stereocenters. The van der Waals surface area contributed by atoms with Gasteiger partial charge in [0.15, 0.2) is 0 Å². The topological polar surface area (TPSA) is 8.17 Å². The summed E-state index contributed by atoms with van der Waals surface area (Å²) in [6.45, 7) is 4.76. The molecule has 2 nitrogen and oxygen atoms in total. The molecular weight excluding hydrogens is 929 g/mol. The maximum absolute atomic E-state index is 2.52. The zero-order chi connectivity index (χ0) is 51.5. The third-order valence-corrected chi connectivity index (χ3v) is 16.0. The molecule has 1 aliphatic rings. The van der Waals surface area contributed by atoms with Crippen LogP contribution in [0.2, 0.25) is 0 Å². The van der Waals surface area contributed by atoms with Crippen LogP contribution in [-0.4, -0.2) is 4.57 Å². The van der Waals surface area contributed by atoms with Gasteiger partial charge < -0.3 is 9.47 Å². The molecule has 0 spiro atoms. The van der Waals surface area contributed by atoms with Gasteiger partial charge in [0, 0.05) is 33.1 Å². The van der Waals surface area contributed by atoms with Crippen molar-refractivity contribution in [3.63, 3.8) is 0 Å². The molecule has 0 saturated carbocycles. The summed E-state index contributed by atoms with van der Waals surface area (Å²) < 4.78 is 2.52. The van der Waals surface area contributed by atoms with Crippen LogP contribution in [0, 0.1) is 0 Å². The standard InChI is InChI=1S/C75H54N2/c1-75(2)68-29-12-9-25-65(68)66-28-17-33-72(74(66)75)77-70-31-14-11-26-67(70)73-64(27-16-32-71(73)77)60-23-15-22-59(50-60)63-24-10-13-30-69(63)76(61-46-42-57(43-47-61)55-38-34-53(35-39-55)51-18-5-3-6-19-51)62-48-44-58(45-49-62)56-40-36-54(37-41-56)52-20-7-4-8-21-52/h3-50H,1-2H3. The van der Waals surface area contributed by atoms with Crippen molar-refractivity contribution in [3.05, 3.63) is 302 Å². The molecule has 1 aromatic heterocycles. The van der Waals surface area contributed by atoms with Crippen LogP contribution in [-0.2, 0) is 5.41 Å². The summed E-state index contributed by atoms with van der Waals surface area (Å²) >= 11 is 0. The monoisotopic (exact) mass is 982 g/mol. The molecule has 0 unspecified atom stereocenters. The third-order valence-electron chi connectivity index (χ3n) is 16.0. The van der Waals surface area contributed by atoms with Crippen molar-refractivity contribution in [2.24, 2.45) is 0 Å². The maximum atomic E-state index is 2.52. The van der Waals surface area contributed by atoms with Gasteiger partial charge in [-0.25, -0.2) is 0 Å². The molecule has 13 aromatic rings. The van der Waals surface area contributed by atoms with Gasteiger partial charge in [-0.2, -0.15) is 0 Å². The summed E-state index contributed by atoms with van der Waals surface area (Å²) in [7, 11) is 0. The van der Waals surface area contributed by atoms with E-state index in [0.29, 0.717) is 0 Å². The zero-order valence-corrected chi connectivity index (χ0v) is 43.1. The van der Waals surface area contributed by atoms with Crippen molar-refractivity contribution >= 4 is 38.9 Å². The quantitative estimate of drug-likeness (QED) is 0.133. The van der Waals surface area contributed by atoms with E-state index in [1.807, 2.05) is 0 Å². The molecule has 0 fully saturated rings. The number of fused-ring (bicyclic) bond motifs is 6. The van der Waals surface area contributed by atoms with E-state index in [-0.39, 0.29) is 5.41 Å². The molecule has 0 N–H and O–H groups in total. The van der Waals surface area contributed by atoms with E-state index in [1.165, 1.54) is 105 Å². The van der Waals surface area contributed by atoms with Gasteiger partial charge in [-0.1, -0.05) is 250 Å². The molecule has 14 rings (SSSR count). The predicted octanol–water partition coefficient (Wildman–Crippen LogP) is 20.6. The Hall–Kier alpha value is -9.76. The van der Waals surface area contributed by atoms with E-state index in [9.17, 15) is 0 Å². The second-order valence-corrected chi connectivity index (χ2v) is 20.8. The fourth-order valence-corrected chi connectivity index (χ4v) is 12.3. The molecule has 0 radical (unpaired) electrons. The smallest absolute Gasteiger partial charge is 0.0547 e. The molecule has 77 heavy (non-hydrogen) atoms. The minimum Gasteiger partial charge on any atom is -0.310 e. The van der Waals surface area contributed by atoms with Crippen molar-refractivity contribution in [2.75, 3.05) is 4.90 Å². The Kier molecular flexibility index (Phi) is 11.2. The Balaban J connectivity index is 0.868. The fourth-order valence-electron chi connectivity index (χ4n) is 12.3. The lowest BCUT2D eigenvalue weighted by molar-refractivity contribution is 0.656. The van der Waals surface area contributed by atoms with E-state index in [2.05, 4.69) is 315 Å². The normalized spacial score (nSPS) is 12.4. The first-order chi connectivity index (χ1) is 38.0. The van der Waals surface area contributed by atoms with Crippen LogP contribution in [0.1, 0.15) is 25.0 Å². The van der Waals surface area contributed by atoms with Crippen molar-refractivity contribution in [3.8, 4) is 83.6 Å². The Labute approximate surface area is 451 Å². The number of benzene rings is 12. The molecule has 12 aromatic carbocycles. The lowest BCUT2D eigenvalue weighted by atomic mass is 9.81. The van der Waals surface area contributed by atoms with Crippen molar-refractivity contribution in [1.29, 1.82) is 0 Å². The molecule has 1 heterocycles. The van der Waals surface area contributed by atoms with Crippen molar-refractivity contribution in [2.45, 2.75) is 19.3 Å². The number of nitrogens with zero attached hydrogens (tertiary/aromatic N) is 2. The Morgan fingerprint density at radius 2 is 0.701 bits per heavy atom. The molecule has 0 aliphatic heterocycles. The van der Waals surface area contributed by atoms with Crippen molar-refractivity contribution in [1.82, 2.24) is 4.57 Å². The van der Waals surface area contributed by atoms with Gasteiger partial charge in [-0.15, -0.1) is 0 Å². The first kappa shape index (κ1) is 45.8. The van der Waals surface area contributed by atoms with E-state index in [1.54, 1.807) is 0 Å². The van der Waals surface area contributed by atoms with Crippen LogP contribution in [0.3, 0.4) is 0 Å². The first-order valence-electron chi connectivity index (χ1n) is 26.7. The number of para-hydroxylation sites is 2. The van der Waals surface area contributed by atoms with Crippen LogP contribution in [0.25, 0.3) is 105 Å². The molecule has 0 amide bonds. The second-order valence-electron chi connectivity index (χ2n) is 20.8. The average Bonchev–Trinajstić information content (AvgIpc) is 4.08. The number of hydrogen-bond acceptors (Lipinski definition) is 1. The van der Waals surface area contributed by atoms with Gasteiger partial charge in [0.1, 0.15) is 0 Å². The molecule has 2 heteroatoms. The molecule has 1 aliphatic carbocycles. The molecule has 364 valence electrons. The lowest BCUT2D eigenvalue weighted by Crippen LogP contribution is -2.17. The minimum absolute atomic E-state index is 0.165. The van der Waals surface area contributed by atoms with Gasteiger partial charge in [0.05, 0.1) is 22.4 Å². The zero-order valence-electron chi connectivity index (χ0n) is 43.1. The highest BCUT2D eigenvalue weighted by Gasteiger charge is 2.38. The molecule has 0 bridgehead atoms. The van der Waals surface area contributed by atoms with E-state index in [4.69, 9.17) is 0 Å². The van der Waals surface area contributed by atoms with Crippen LogP contribution >= 0.6 is 0 Å². The number of hydrogen-bond donors (Lipinski definition) is 0. The first-order valence-corrected chi connectivity index (χ1v) is 26.7. The van der Waals surface area contributed by atoms with Crippen LogP contribution in [0.4, 0.5) is 17.1 Å². The lowest BCUT2D eigenvalue weighted by Gasteiger charge is -2.28. The largest absolute Gasteiger partial charge is 0.310 e. The third kappa shape index (κ3) is 7.97. The van der Waals surface area contributed by atoms with E-state index < -0.39 is 0 Å². The SMILES string of the molecule is CC1(C)c2ccccc2-c2cccc(-n3c4ccccc4c4c(-c5cccc(-c6ccccc6N(c6ccc(-c7ccc(-c8ccccc8)cc7)cc6)c6ccc(-c7ccc(-c8ccccc8)cc7)cc6)c5)cccc43)c21. The van der Waals surface area contributed by atoms with Crippen LogP contribution < -0.4 is 4.90 Å². The fraction of sp³-hybridized carbons (Fsp3) is 0.0400. The average molecular weight is 983 g/mol. The van der Waals surface area contributed by atoms with Crippen LogP contribution in [0.5, 0.6) is 0 Å². The Morgan fingerprint density at radius 1 is 0.299 bits per heavy atom. The summed E-state index contributed by atoms with van der Waals surface area (Å²) in [5, 5.41) is 2.50. The highest BCUT2D eigenvalue weighted by molar-refractivity contribution is 6.16. The Morgan fingerprint density at radius 3 is 1.30 bits per heavy atom. The van der Waals surface area contributed by atoms with Gasteiger partial charge >= 0.3 is 0 Å². The second kappa shape index (κ2) is 18.9. The van der Waals surface area contributed by atoms with E-state index in [0.717, 1.165) is 28.2 Å². The highest BCUT2D eigenvalue weighted by atomic mass is 15.1. The summed E-state index contributed by atoms with van der Waals surface area (Å²) in [5.74, 6) is 0. The molecular formula is C75H54N2. The summed E-state index contributed by atoms with van der Waals surface area (Å²) in [4.78, 5) is 2.42. The number of rotatable bonds is 10. The van der Waals surface area contributed by atoms with Crippen molar-refractivity contribution < 1.29 is 0 Å². The van der Waals surface area contributed by atoms with E-state index >= 15 is 0 Å². The number of aromatic nitrogens is 1. The summed E-state index contributed by atoms with van der Waals surface area (Å²) in [6.07, 6.45) is 0. The summed E-state index contributed by atoms with van der Waals surface area (Å²) in [5.41, 5.74) is 26.4. The summed E-state index contributed by atoms with van der Waals surface area (Å²) in [6, 6.07) is 107. The van der Waals surface area contributed by atoms with Gasteiger partial charge in [0.2, 0.25) is 0 Å². The molecule has 0 saturated heterocycles. The Bertz CT molecular complexity index is 4170. The van der Waals surface area contributed by atoms with Crippen LogP contribution in [0.15, 0.2) is 291 Å². The minimum atomic E-state index is -0.165. The highest BCUT2D eigenvalue weighted by Crippen LogP contribution is 2.52. The van der Waals surface area contributed by atoms with Gasteiger partial charge in [-0.3, -0.25) is 0 Å².